The number of rotatable bonds is 4. The van der Waals surface area contributed by atoms with Gasteiger partial charge in [-0.15, -0.1) is 24.0 Å². The summed E-state index contributed by atoms with van der Waals surface area (Å²) in [5.41, 5.74) is 0.452. The molecule has 1 saturated heterocycles. The summed E-state index contributed by atoms with van der Waals surface area (Å²) >= 11 is 0. The summed E-state index contributed by atoms with van der Waals surface area (Å²) in [6, 6.07) is 3.67. The van der Waals surface area contributed by atoms with Gasteiger partial charge in [0, 0.05) is 20.1 Å². The Kier molecular flexibility index (Phi) is 8.92. The molecule has 2 heterocycles. The number of hydrogen-bond acceptors (Lipinski definition) is 3. The first-order valence-electron chi connectivity index (χ1n) is 9.95. The minimum absolute atomic E-state index is 0. The zero-order valence-electron chi connectivity index (χ0n) is 16.3. The molecule has 1 saturated carbocycles. The monoisotopic (exact) mass is 488 g/mol. The number of likely N-dealkylation sites (tertiary alicyclic amines) is 1. The van der Waals surface area contributed by atoms with E-state index in [9.17, 15) is 4.79 Å². The summed E-state index contributed by atoms with van der Waals surface area (Å²) in [5.74, 6) is 1.55. The Balaban J connectivity index is 0.00000261. The fourth-order valence-corrected chi connectivity index (χ4v) is 4.43. The number of piperidine rings is 1. The number of nitrogens with one attached hydrogen (secondary N) is 2. The second-order valence-corrected chi connectivity index (χ2v) is 7.70. The van der Waals surface area contributed by atoms with Gasteiger partial charge in [0.1, 0.15) is 5.76 Å². The van der Waals surface area contributed by atoms with Gasteiger partial charge in [-0.2, -0.15) is 0 Å². The van der Waals surface area contributed by atoms with Crippen molar-refractivity contribution in [1.29, 1.82) is 0 Å². The van der Waals surface area contributed by atoms with E-state index < -0.39 is 0 Å². The highest BCUT2D eigenvalue weighted by atomic mass is 127. The second-order valence-electron chi connectivity index (χ2n) is 7.70. The van der Waals surface area contributed by atoms with Gasteiger partial charge in [0.25, 0.3) is 0 Å². The molecular formula is C20H33IN4O2. The molecule has 6 nitrogen and oxygen atoms in total. The van der Waals surface area contributed by atoms with Crippen LogP contribution < -0.4 is 10.6 Å². The summed E-state index contributed by atoms with van der Waals surface area (Å²) in [5, 5.41) is 6.10. The molecule has 3 rings (SSSR count). The number of guanidine groups is 1. The van der Waals surface area contributed by atoms with E-state index in [1.807, 2.05) is 12.1 Å². The maximum absolute atomic E-state index is 12.1. The molecule has 152 valence electrons. The first-order valence-corrected chi connectivity index (χ1v) is 9.95. The number of amides is 1. The molecular weight excluding hydrogens is 455 g/mol. The maximum Gasteiger partial charge on any atom is 0.239 e. The highest BCUT2D eigenvalue weighted by Gasteiger charge is 2.36. The molecule has 1 spiro atoms. The highest BCUT2D eigenvalue weighted by Crippen LogP contribution is 2.42. The molecule has 1 aliphatic carbocycles. The van der Waals surface area contributed by atoms with Crippen LogP contribution in [0.1, 0.15) is 57.1 Å². The van der Waals surface area contributed by atoms with Crippen LogP contribution in [0.4, 0.5) is 0 Å². The second kappa shape index (κ2) is 10.9. The fraction of sp³-hybridized carbons (Fsp3) is 0.700. The van der Waals surface area contributed by atoms with Crippen molar-refractivity contribution in [3.8, 4) is 0 Å². The van der Waals surface area contributed by atoms with Crippen molar-refractivity contribution in [1.82, 2.24) is 15.5 Å². The first-order chi connectivity index (χ1) is 12.7. The SMILES string of the molecule is CN=C(NCC(=O)NCc1ccco1)N1CCCC2(CCCCCC2)C1.I. The van der Waals surface area contributed by atoms with E-state index in [2.05, 4.69) is 20.5 Å². The summed E-state index contributed by atoms with van der Waals surface area (Å²) in [6.07, 6.45) is 12.3. The van der Waals surface area contributed by atoms with Gasteiger partial charge in [0.15, 0.2) is 5.96 Å². The largest absolute Gasteiger partial charge is 0.467 e. The van der Waals surface area contributed by atoms with Crippen molar-refractivity contribution in [2.75, 3.05) is 26.7 Å². The molecule has 0 bridgehead atoms. The van der Waals surface area contributed by atoms with E-state index in [0.29, 0.717) is 12.0 Å². The Morgan fingerprint density at radius 1 is 1.19 bits per heavy atom. The van der Waals surface area contributed by atoms with Crippen LogP contribution >= 0.6 is 24.0 Å². The van der Waals surface area contributed by atoms with Crippen molar-refractivity contribution >= 4 is 35.8 Å². The minimum Gasteiger partial charge on any atom is -0.467 e. The third-order valence-corrected chi connectivity index (χ3v) is 5.78. The lowest BCUT2D eigenvalue weighted by molar-refractivity contribution is -0.120. The van der Waals surface area contributed by atoms with Gasteiger partial charge in [-0.1, -0.05) is 25.7 Å². The molecule has 1 aromatic heterocycles. The predicted octanol–water partition coefficient (Wildman–Crippen LogP) is 3.53. The van der Waals surface area contributed by atoms with Crippen molar-refractivity contribution in [3.05, 3.63) is 24.2 Å². The Bertz CT molecular complexity index is 595. The molecule has 0 atom stereocenters. The average Bonchev–Trinajstić information content (AvgIpc) is 3.08. The van der Waals surface area contributed by atoms with Crippen molar-refractivity contribution in [3.63, 3.8) is 0 Å². The topological polar surface area (TPSA) is 69.9 Å². The van der Waals surface area contributed by atoms with Crippen molar-refractivity contribution in [2.24, 2.45) is 10.4 Å². The summed E-state index contributed by atoms with van der Waals surface area (Å²) in [7, 11) is 1.80. The number of halogens is 1. The fourth-order valence-electron chi connectivity index (χ4n) is 4.43. The molecule has 2 aliphatic rings. The standard InChI is InChI=1S/C20H32N4O2.HI/c1-21-19(23-15-18(25)22-14-17-8-6-13-26-17)24-12-7-11-20(16-24)9-4-2-3-5-10-20;/h6,8,13H,2-5,7,9-12,14-16H2,1H3,(H,21,23)(H,22,25);1H. The van der Waals surface area contributed by atoms with Gasteiger partial charge in [0.2, 0.25) is 5.91 Å². The normalized spacial score (nSPS) is 19.9. The number of carbonyl (C=O) groups excluding carboxylic acids is 1. The molecule has 0 aromatic carbocycles. The Labute approximate surface area is 179 Å². The molecule has 1 amide bonds. The van der Waals surface area contributed by atoms with Gasteiger partial charge in [-0.3, -0.25) is 9.79 Å². The molecule has 2 N–H and O–H groups in total. The zero-order chi connectivity index (χ0) is 18.2. The summed E-state index contributed by atoms with van der Waals surface area (Å²) < 4.78 is 5.23. The van der Waals surface area contributed by atoms with Gasteiger partial charge in [0.05, 0.1) is 19.4 Å². The molecule has 27 heavy (non-hydrogen) atoms. The Hall–Kier alpha value is -1.25. The Morgan fingerprint density at radius 3 is 2.59 bits per heavy atom. The van der Waals surface area contributed by atoms with Crippen LogP contribution in [0.25, 0.3) is 0 Å². The van der Waals surface area contributed by atoms with E-state index in [-0.39, 0.29) is 36.4 Å². The third-order valence-electron chi connectivity index (χ3n) is 5.78. The molecule has 2 fully saturated rings. The molecule has 1 aromatic rings. The van der Waals surface area contributed by atoms with Crippen LogP contribution in [0, 0.1) is 5.41 Å². The van der Waals surface area contributed by atoms with Crippen molar-refractivity contribution in [2.45, 2.75) is 57.9 Å². The highest BCUT2D eigenvalue weighted by molar-refractivity contribution is 14.0. The Morgan fingerprint density at radius 2 is 1.93 bits per heavy atom. The minimum atomic E-state index is -0.0521. The van der Waals surface area contributed by atoms with Gasteiger partial charge >= 0.3 is 0 Å². The van der Waals surface area contributed by atoms with E-state index in [1.165, 1.54) is 51.4 Å². The van der Waals surface area contributed by atoms with E-state index in [0.717, 1.165) is 24.8 Å². The summed E-state index contributed by atoms with van der Waals surface area (Å²) in [4.78, 5) is 18.9. The lowest BCUT2D eigenvalue weighted by Crippen LogP contribution is -2.52. The number of furan rings is 1. The smallest absolute Gasteiger partial charge is 0.239 e. The van der Waals surface area contributed by atoms with Gasteiger partial charge in [-0.05, 0) is 43.2 Å². The third kappa shape index (κ3) is 6.40. The van der Waals surface area contributed by atoms with Crippen LogP contribution in [0.2, 0.25) is 0 Å². The predicted molar refractivity (Wildman–Crippen MR) is 118 cm³/mol. The zero-order valence-corrected chi connectivity index (χ0v) is 18.7. The van der Waals surface area contributed by atoms with Crippen LogP contribution in [0.3, 0.4) is 0 Å². The number of hydrogen-bond donors (Lipinski definition) is 2. The molecule has 0 radical (unpaired) electrons. The molecule has 0 unspecified atom stereocenters. The number of carbonyl (C=O) groups is 1. The van der Waals surface area contributed by atoms with Gasteiger partial charge < -0.3 is 20.0 Å². The van der Waals surface area contributed by atoms with Gasteiger partial charge in [-0.25, -0.2) is 0 Å². The van der Waals surface area contributed by atoms with Crippen LogP contribution in [-0.4, -0.2) is 43.4 Å². The van der Waals surface area contributed by atoms with E-state index >= 15 is 0 Å². The van der Waals surface area contributed by atoms with E-state index in [1.54, 1.807) is 13.3 Å². The first kappa shape index (κ1) is 22.0. The van der Waals surface area contributed by atoms with Crippen molar-refractivity contribution < 1.29 is 9.21 Å². The molecule has 1 aliphatic heterocycles. The van der Waals surface area contributed by atoms with Crippen LogP contribution in [0.5, 0.6) is 0 Å². The average molecular weight is 488 g/mol. The number of aliphatic imine (C=N–C) groups is 1. The quantitative estimate of drug-likeness (QED) is 0.387. The number of nitrogens with zero attached hydrogens (tertiary/aromatic N) is 2. The lowest BCUT2D eigenvalue weighted by atomic mass is 9.74. The lowest BCUT2D eigenvalue weighted by Gasteiger charge is -2.44. The summed E-state index contributed by atoms with van der Waals surface area (Å²) in [6.45, 7) is 2.74. The van der Waals surface area contributed by atoms with Crippen LogP contribution in [-0.2, 0) is 11.3 Å². The maximum atomic E-state index is 12.1. The van der Waals surface area contributed by atoms with E-state index in [4.69, 9.17) is 4.42 Å². The van der Waals surface area contributed by atoms with Crippen LogP contribution in [0.15, 0.2) is 27.8 Å². The molecule has 7 heteroatoms.